The first-order valence-electron chi connectivity index (χ1n) is 10.3. The van der Waals surface area contributed by atoms with Crippen molar-refractivity contribution < 1.29 is 14.3 Å². The van der Waals surface area contributed by atoms with Crippen molar-refractivity contribution in [2.75, 3.05) is 13.2 Å². The molecular formula is C25H38O3. The van der Waals surface area contributed by atoms with Gasteiger partial charge in [0.2, 0.25) is 0 Å². The van der Waals surface area contributed by atoms with Gasteiger partial charge in [-0.15, -0.1) is 0 Å². The van der Waals surface area contributed by atoms with Crippen LogP contribution in [0, 0.1) is 11.3 Å². The maximum atomic E-state index is 11.4. The second kappa shape index (κ2) is 11.7. The van der Waals surface area contributed by atoms with E-state index >= 15 is 0 Å². The summed E-state index contributed by atoms with van der Waals surface area (Å²) in [7, 11) is 0. The van der Waals surface area contributed by atoms with E-state index in [4.69, 9.17) is 9.47 Å². The molecule has 28 heavy (non-hydrogen) atoms. The Hall–Kier alpha value is -2.03. The molecule has 0 spiro atoms. The smallest absolute Gasteiger partial charge is 0.434 e. The summed E-state index contributed by atoms with van der Waals surface area (Å²) in [5.74, 6) is 0.307. The van der Waals surface area contributed by atoms with Gasteiger partial charge in [-0.1, -0.05) is 74.8 Å². The van der Waals surface area contributed by atoms with Crippen molar-refractivity contribution >= 4 is 6.16 Å². The van der Waals surface area contributed by atoms with Crippen molar-refractivity contribution in [3.05, 3.63) is 58.7 Å². The van der Waals surface area contributed by atoms with E-state index in [0.29, 0.717) is 12.5 Å². The Morgan fingerprint density at radius 2 is 1.86 bits per heavy atom. The van der Waals surface area contributed by atoms with Gasteiger partial charge < -0.3 is 9.47 Å². The molecule has 0 N–H and O–H groups in total. The van der Waals surface area contributed by atoms with Crippen LogP contribution in [0.3, 0.4) is 0 Å². The van der Waals surface area contributed by atoms with Gasteiger partial charge in [0, 0.05) is 0 Å². The monoisotopic (exact) mass is 386 g/mol. The lowest BCUT2D eigenvalue weighted by Gasteiger charge is -2.32. The third kappa shape index (κ3) is 9.25. The van der Waals surface area contributed by atoms with Crippen LogP contribution in [-0.2, 0) is 9.47 Å². The van der Waals surface area contributed by atoms with Gasteiger partial charge in [0.1, 0.15) is 6.61 Å². The summed E-state index contributed by atoms with van der Waals surface area (Å²) in [6.45, 7) is 15.6. The number of allylic oxidation sites excluding steroid dienone is 9. The van der Waals surface area contributed by atoms with Gasteiger partial charge in [-0.2, -0.15) is 0 Å². The molecule has 0 aromatic carbocycles. The maximum Gasteiger partial charge on any atom is 0.508 e. The zero-order chi connectivity index (χ0) is 21.2. The maximum absolute atomic E-state index is 11.4. The van der Waals surface area contributed by atoms with Gasteiger partial charge in [-0.3, -0.25) is 0 Å². The van der Waals surface area contributed by atoms with Crippen molar-refractivity contribution in [2.45, 2.75) is 67.7 Å². The van der Waals surface area contributed by atoms with Crippen LogP contribution in [0.4, 0.5) is 4.79 Å². The molecule has 3 nitrogen and oxygen atoms in total. The fraction of sp³-hybridized carbons (Fsp3) is 0.560. The van der Waals surface area contributed by atoms with Crippen molar-refractivity contribution in [1.82, 2.24) is 0 Å². The molecule has 0 atom stereocenters. The van der Waals surface area contributed by atoms with Crippen LogP contribution in [0.1, 0.15) is 67.7 Å². The molecule has 0 amide bonds. The number of rotatable bonds is 8. The Morgan fingerprint density at radius 1 is 1.14 bits per heavy atom. The first-order valence-corrected chi connectivity index (χ1v) is 10.3. The summed E-state index contributed by atoms with van der Waals surface area (Å²) in [4.78, 5) is 11.4. The van der Waals surface area contributed by atoms with Crippen LogP contribution in [0.2, 0.25) is 0 Å². The summed E-state index contributed by atoms with van der Waals surface area (Å²) in [5, 5.41) is 0. The van der Waals surface area contributed by atoms with Crippen LogP contribution in [0.5, 0.6) is 0 Å². The SMILES string of the molecule is CC(C=CC1=C(C)CCCC1(C)C)=CC=CC(C)=CCOC(=O)OCC(C)C. The Kier molecular flexibility index (Phi) is 10.1. The number of carbonyl (C=O) groups excluding carboxylic acids is 1. The fourth-order valence-corrected chi connectivity index (χ4v) is 3.22. The summed E-state index contributed by atoms with van der Waals surface area (Å²) in [6, 6.07) is 0. The summed E-state index contributed by atoms with van der Waals surface area (Å²) < 4.78 is 9.99. The van der Waals surface area contributed by atoms with Crippen LogP contribution < -0.4 is 0 Å². The van der Waals surface area contributed by atoms with E-state index in [0.717, 1.165) is 5.57 Å². The number of hydrogen-bond donors (Lipinski definition) is 0. The molecule has 0 aliphatic heterocycles. The molecule has 0 fully saturated rings. The lowest BCUT2D eigenvalue weighted by Crippen LogP contribution is -2.19. The Balaban J connectivity index is 2.53. The van der Waals surface area contributed by atoms with E-state index in [-0.39, 0.29) is 12.0 Å². The highest BCUT2D eigenvalue weighted by molar-refractivity contribution is 5.60. The molecule has 0 saturated carbocycles. The molecule has 0 heterocycles. The van der Waals surface area contributed by atoms with E-state index in [1.807, 2.05) is 39.0 Å². The summed E-state index contributed by atoms with van der Waals surface area (Å²) in [6.07, 6.45) is 15.6. The van der Waals surface area contributed by atoms with Crippen LogP contribution >= 0.6 is 0 Å². The first kappa shape index (κ1) is 24.0. The predicted octanol–water partition coefficient (Wildman–Crippen LogP) is 7.33. The molecule has 3 heteroatoms. The molecule has 156 valence electrons. The van der Waals surface area contributed by atoms with Crippen molar-refractivity contribution in [1.29, 1.82) is 0 Å². The van der Waals surface area contributed by atoms with Crippen LogP contribution in [0.25, 0.3) is 0 Å². The van der Waals surface area contributed by atoms with Crippen molar-refractivity contribution in [3.8, 4) is 0 Å². The van der Waals surface area contributed by atoms with E-state index in [1.165, 1.54) is 36.0 Å². The molecule has 0 radical (unpaired) electrons. The number of hydrogen-bond acceptors (Lipinski definition) is 3. The fourth-order valence-electron chi connectivity index (χ4n) is 3.22. The molecular weight excluding hydrogens is 348 g/mol. The van der Waals surface area contributed by atoms with Crippen molar-refractivity contribution in [3.63, 3.8) is 0 Å². The second-order valence-electron chi connectivity index (χ2n) is 8.75. The number of ether oxygens (including phenoxy) is 2. The molecule has 0 aromatic heterocycles. The quantitative estimate of drug-likeness (QED) is 0.324. The largest absolute Gasteiger partial charge is 0.508 e. The highest BCUT2D eigenvalue weighted by Gasteiger charge is 2.26. The van der Waals surface area contributed by atoms with E-state index < -0.39 is 6.16 Å². The number of carbonyl (C=O) groups is 1. The van der Waals surface area contributed by atoms with Gasteiger partial charge in [0.25, 0.3) is 0 Å². The van der Waals surface area contributed by atoms with Gasteiger partial charge >= 0.3 is 6.16 Å². The minimum atomic E-state index is -0.613. The molecule has 0 bridgehead atoms. The zero-order valence-electron chi connectivity index (χ0n) is 18.8. The molecule has 1 rings (SSSR count). The summed E-state index contributed by atoms with van der Waals surface area (Å²) in [5.41, 5.74) is 5.51. The van der Waals surface area contributed by atoms with Gasteiger partial charge in [-0.05, 0) is 63.0 Å². The Labute approximate surface area is 171 Å². The van der Waals surface area contributed by atoms with Crippen molar-refractivity contribution in [2.24, 2.45) is 11.3 Å². The normalized spacial score (nSPS) is 18.4. The first-order chi connectivity index (χ1) is 13.1. The lowest BCUT2D eigenvalue weighted by molar-refractivity contribution is 0.0549. The molecule has 0 unspecified atom stereocenters. The average Bonchev–Trinajstić information content (AvgIpc) is 2.59. The van der Waals surface area contributed by atoms with Gasteiger partial charge in [0.15, 0.2) is 0 Å². The van der Waals surface area contributed by atoms with E-state index in [2.05, 4.69) is 45.9 Å². The average molecular weight is 387 g/mol. The zero-order valence-corrected chi connectivity index (χ0v) is 18.8. The van der Waals surface area contributed by atoms with E-state index in [1.54, 1.807) is 0 Å². The standard InChI is InChI=1S/C25H38O3/c1-19(2)18-28-24(26)27-17-15-21(4)11-8-10-20(3)13-14-23-22(5)12-9-16-25(23,6)7/h8,10-11,13-15,19H,9,12,16-18H2,1-7H3. The highest BCUT2D eigenvalue weighted by Crippen LogP contribution is 2.40. The Bertz CT molecular complexity index is 670. The van der Waals surface area contributed by atoms with Gasteiger partial charge in [0.05, 0.1) is 6.61 Å². The topological polar surface area (TPSA) is 35.5 Å². The van der Waals surface area contributed by atoms with Crippen LogP contribution in [0.15, 0.2) is 58.7 Å². The minimum absolute atomic E-state index is 0.220. The molecule has 1 aliphatic carbocycles. The second-order valence-corrected chi connectivity index (χ2v) is 8.75. The third-order valence-electron chi connectivity index (χ3n) is 4.91. The molecule has 0 saturated heterocycles. The Morgan fingerprint density at radius 3 is 2.50 bits per heavy atom. The molecule has 1 aliphatic rings. The summed E-state index contributed by atoms with van der Waals surface area (Å²) >= 11 is 0. The van der Waals surface area contributed by atoms with E-state index in [9.17, 15) is 4.79 Å². The van der Waals surface area contributed by atoms with Gasteiger partial charge in [-0.25, -0.2) is 4.79 Å². The van der Waals surface area contributed by atoms with Crippen LogP contribution in [-0.4, -0.2) is 19.4 Å². The third-order valence-corrected chi connectivity index (χ3v) is 4.91. The molecule has 0 aromatic rings. The predicted molar refractivity (Wildman–Crippen MR) is 118 cm³/mol. The highest BCUT2D eigenvalue weighted by atomic mass is 16.7. The minimum Gasteiger partial charge on any atom is -0.434 e. The lowest BCUT2D eigenvalue weighted by atomic mass is 9.72.